The third-order valence-electron chi connectivity index (χ3n) is 4.18. The minimum Gasteiger partial charge on any atom is -0.496 e. The molecule has 3 rings (SSSR count). The molecular weight excluding hydrogens is 352 g/mol. The van der Waals surface area contributed by atoms with Crippen molar-refractivity contribution in [3.63, 3.8) is 0 Å². The summed E-state index contributed by atoms with van der Waals surface area (Å²) in [6.45, 7) is 3.20. The average molecular weight is 376 g/mol. The van der Waals surface area contributed by atoms with E-state index < -0.39 is 0 Å². The van der Waals surface area contributed by atoms with Gasteiger partial charge in [-0.15, -0.1) is 0 Å². The van der Waals surface area contributed by atoms with E-state index in [-0.39, 0.29) is 5.91 Å². The largest absolute Gasteiger partial charge is 0.496 e. The van der Waals surface area contributed by atoms with Gasteiger partial charge < -0.3 is 15.4 Å². The first kappa shape index (κ1) is 19.4. The minimum absolute atomic E-state index is 0.259. The Balaban J connectivity index is 1.83. The molecule has 0 saturated carbocycles. The first-order valence-corrected chi connectivity index (χ1v) is 9.29. The highest BCUT2D eigenvalue weighted by Crippen LogP contribution is 2.19. The van der Waals surface area contributed by atoms with Crippen LogP contribution in [0.15, 0.2) is 60.7 Å². The van der Waals surface area contributed by atoms with E-state index in [1.54, 1.807) is 13.2 Å². The number of rotatable bonds is 8. The van der Waals surface area contributed by atoms with Crippen LogP contribution >= 0.6 is 0 Å². The van der Waals surface area contributed by atoms with E-state index in [0.29, 0.717) is 23.9 Å². The first-order chi connectivity index (χ1) is 13.7. The molecule has 0 bridgehead atoms. The number of nitrogens with zero attached hydrogens (tertiary/aromatic N) is 2. The second-order valence-corrected chi connectivity index (χ2v) is 6.25. The summed E-state index contributed by atoms with van der Waals surface area (Å²) in [4.78, 5) is 21.8. The van der Waals surface area contributed by atoms with Crippen LogP contribution in [0.2, 0.25) is 0 Å². The maximum absolute atomic E-state index is 12.8. The lowest BCUT2D eigenvalue weighted by Gasteiger charge is -2.11. The summed E-state index contributed by atoms with van der Waals surface area (Å²) in [6.07, 6.45) is 0.958. The number of carbonyl (C=O) groups excluding carboxylic acids is 1. The number of methoxy groups -OCH3 is 1. The number of hydrogen-bond acceptors (Lipinski definition) is 5. The predicted octanol–water partition coefficient (Wildman–Crippen LogP) is 3.90. The summed E-state index contributed by atoms with van der Waals surface area (Å²) < 4.78 is 5.34. The number of benzene rings is 2. The molecule has 0 radical (unpaired) electrons. The highest BCUT2D eigenvalue weighted by molar-refractivity contribution is 5.93. The maximum Gasteiger partial charge on any atom is 0.270 e. The molecule has 0 aliphatic rings. The predicted molar refractivity (Wildman–Crippen MR) is 110 cm³/mol. The molecule has 28 heavy (non-hydrogen) atoms. The summed E-state index contributed by atoms with van der Waals surface area (Å²) in [5.41, 5.74) is 2.09. The minimum atomic E-state index is -0.259. The van der Waals surface area contributed by atoms with Gasteiger partial charge in [0.25, 0.3) is 5.91 Å². The molecule has 6 nitrogen and oxygen atoms in total. The Morgan fingerprint density at radius 1 is 1.04 bits per heavy atom. The van der Waals surface area contributed by atoms with E-state index in [0.717, 1.165) is 29.8 Å². The van der Waals surface area contributed by atoms with Crippen molar-refractivity contribution in [3.8, 4) is 17.1 Å². The lowest BCUT2D eigenvalue weighted by Crippen LogP contribution is -2.24. The number of nitrogens with one attached hydrogen (secondary N) is 2. The van der Waals surface area contributed by atoms with Crippen LogP contribution in [0.1, 0.15) is 29.4 Å². The van der Waals surface area contributed by atoms with Gasteiger partial charge >= 0.3 is 0 Å². The molecule has 1 heterocycles. The van der Waals surface area contributed by atoms with Crippen molar-refractivity contribution in [2.24, 2.45) is 0 Å². The number of amides is 1. The van der Waals surface area contributed by atoms with Gasteiger partial charge in [0.2, 0.25) is 0 Å². The fourth-order valence-electron chi connectivity index (χ4n) is 2.74. The van der Waals surface area contributed by atoms with Crippen LogP contribution in [0.3, 0.4) is 0 Å². The Morgan fingerprint density at radius 2 is 1.79 bits per heavy atom. The molecule has 1 amide bonds. The molecule has 0 aliphatic heterocycles. The van der Waals surface area contributed by atoms with Crippen molar-refractivity contribution in [2.75, 3.05) is 19.0 Å². The molecule has 6 heteroatoms. The Labute approximate surface area is 165 Å². The smallest absolute Gasteiger partial charge is 0.270 e. The van der Waals surface area contributed by atoms with Gasteiger partial charge in [0.05, 0.1) is 7.11 Å². The van der Waals surface area contributed by atoms with Crippen LogP contribution in [0.4, 0.5) is 5.82 Å². The fourth-order valence-corrected chi connectivity index (χ4v) is 2.74. The lowest BCUT2D eigenvalue weighted by atomic mass is 10.2. The summed E-state index contributed by atoms with van der Waals surface area (Å²) in [5, 5.41) is 6.16. The van der Waals surface area contributed by atoms with Gasteiger partial charge in [0.15, 0.2) is 5.82 Å². The van der Waals surface area contributed by atoms with Crippen molar-refractivity contribution >= 4 is 11.7 Å². The van der Waals surface area contributed by atoms with Crippen LogP contribution in [-0.4, -0.2) is 29.5 Å². The molecular formula is C22H24N4O2. The second kappa shape index (κ2) is 9.50. The number of ether oxygens (including phenoxy) is 1. The Hall–Kier alpha value is -3.41. The van der Waals surface area contributed by atoms with Crippen molar-refractivity contribution < 1.29 is 9.53 Å². The van der Waals surface area contributed by atoms with E-state index in [2.05, 4.69) is 27.5 Å². The van der Waals surface area contributed by atoms with Gasteiger partial charge in [-0.1, -0.05) is 55.5 Å². The Morgan fingerprint density at radius 3 is 2.54 bits per heavy atom. The highest BCUT2D eigenvalue weighted by Gasteiger charge is 2.13. The Bertz CT molecular complexity index is 929. The molecule has 0 fully saturated rings. The van der Waals surface area contributed by atoms with E-state index in [1.807, 2.05) is 54.6 Å². The molecule has 144 valence electrons. The SMILES string of the molecule is CCCNc1cc(C(=O)NCc2ccccc2OC)nc(-c2ccccc2)n1. The van der Waals surface area contributed by atoms with Crippen LogP contribution in [-0.2, 0) is 6.54 Å². The molecule has 2 aromatic carbocycles. The number of anilines is 1. The van der Waals surface area contributed by atoms with Crippen molar-refractivity contribution in [1.82, 2.24) is 15.3 Å². The summed E-state index contributed by atoms with van der Waals surface area (Å²) in [6, 6.07) is 18.9. The number of hydrogen-bond donors (Lipinski definition) is 2. The molecule has 0 aliphatic carbocycles. The van der Waals surface area contributed by atoms with Crippen molar-refractivity contribution in [3.05, 3.63) is 71.9 Å². The van der Waals surface area contributed by atoms with Crippen LogP contribution in [0.25, 0.3) is 11.4 Å². The number of para-hydroxylation sites is 1. The molecule has 0 saturated heterocycles. The number of aromatic nitrogens is 2. The van der Waals surface area contributed by atoms with Crippen molar-refractivity contribution in [1.29, 1.82) is 0 Å². The second-order valence-electron chi connectivity index (χ2n) is 6.25. The first-order valence-electron chi connectivity index (χ1n) is 9.29. The lowest BCUT2D eigenvalue weighted by molar-refractivity contribution is 0.0945. The van der Waals surface area contributed by atoms with Crippen LogP contribution < -0.4 is 15.4 Å². The van der Waals surface area contributed by atoms with Gasteiger partial charge in [0, 0.05) is 30.3 Å². The molecule has 3 aromatic rings. The van der Waals surface area contributed by atoms with E-state index in [4.69, 9.17) is 4.74 Å². The van der Waals surface area contributed by atoms with Gasteiger partial charge in [-0.25, -0.2) is 9.97 Å². The zero-order chi connectivity index (χ0) is 19.8. The third kappa shape index (κ3) is 4.85. The normalized spacial score (nSPS) is 10.4. The third-order valence-corrected chi connectivity index (χ3v) is 4.18. The fraction of sp³-hybridized carbons (Fsp3) is 0.227. The quantitative estimate of drug-likeness (QED) is 0.623. The molecule has 0 spiro atoms. The van der Waals surface area contributed by atoms with Crippen LogP contribution in [0, 0.1) is 0 Å². The van der Waals surface area contributed by atoms with E-state index in [9.17, 15) is 4.79 Å². The monoisotopic (exact) mass is 376 g/mol. The zero-order valence-corrected chi connectivity index (χ0v) is 16.1. The molecule has 0 atom stereocenters. The summed E-state index contributed by atoms with van der Waals surface area (Å²) in [5.74, 6) is 1.63. The van der Waals surface area contributed by atoms with Crippen LogP contribution in [0.5, 0.6) is 5.75 Å². The topological polar surface area (TPSA) is 76.1 Å². The van der Waals surface area contributed by atoms with Gasteiger partial charge in [-0.3, -0.25) is 4.79 Å². The maximum atomic E-state index is 12.8. The van der Waals surface area contributed by atoms with Gasteiger partial charge in [-0.2, -0.15) is 0 Å². The number of carbonyl (C=O) groups is 1. The molecule has 1 aromatic heterocycles. The average Bonchev–Trinajstić information content (AvgIpc) is 2.76. The molecule has 2 N–H and O–H groups in total. The van der Waals surface area contributed by atoms with Gasteiger partial charge in [-0.05, 0) is 12.5 Å². The van der Waals surface area contributed by atoms with Crippen molar-refractivity contribution in [2.45, 2.75) is 19.9 Å². The van der Waals surface area contributed by atoms with Gasteiger partial charge in [0.1, 0.15) is 17.3 Å². The highest BCUT2D eigenvalue weighted by atomic mass is 16.5. The standard InChI is InChI=1S/C22H24N4O2/c1-3-13-23-20-14-18(25-21(26-20)16-9-5-4-6-10-16)22(27)24-15-17-11-7-8-12-19(17)28-2/h4-12,14H,3,13,15H2,1-2H3,(H,24,27)(H,23,25,26). The van der Waals surface area contributed by atoms with E-state index in [1.165, 1.54) is 0 Å². The summed E-state index contributed by atoms with van der Waals surface area (Å²) in [7, 11) is 1.61. The Kier molecular flexibility index (Phi) is 6.57. The van der Waals surface area contributed by atoms with E-state index >= 15 is 0 Å². The summed E-state index contributed by atoms with van der Waals surface area (Å²) >= 11 is 0. The molecule has 0 unspecified atom stereocenters. The zero-order valence-electron chi connectivity index (χ0n) is 16.1.